The van der Waals surface area contributed by atoms with Gasteiger partial charge in [-0.3, -0.25) is 4.79 Å². The highest BCUT2D eigenvalue weighted by molar-refractivity contribution is 6.32. The van der Waals surface area contributed by atoms with Crippen LogP contribution in [0, 0.1) is 17.2 Å². The summed E-state index contributed by atoms with van der Waals surface area (Å²) in [5.74, 6) is 1.02. The van der Waals surface area contributed by atoms with E-state index in [0.29, 0.717) is 28.0 Å². The molecule has 0 aliphatic heterocycles. The average molecular weight is 363 g/mol. The van der Waals surface area contributed by atoms with Crippen LogP contribution in [0.4, 0.5) is 0 Å². The summed E-state index contributed by atoms with van der Waals surface area (Å²) >= 11 is 6.24. The molecule has 0 saturated heterocycles. The van der Waals surface area contributed by atoms with E-state index in [-0.39, 0.29) is 17.5 Å². The van der Waals surface area contributed by atoms with Crippen LogP contribution in [0.2, 0.25) is 5.02 Å². The summed E-state index contributed by atoms with van der Waals surface area (Å²) in [6.07, 6.45) is 5.81. The van der Waals surface area contributed by atoms with Crippen LogP contribution in [0.3, 0.4) is 0 Å². The second kappa shape index (κ2) is 8.77. The van der Waals surface area contributed by atoms with E-state index in [9.17, 15) is 10.1 Å². The van der Waals surface area contributed by atoms with Crippen LogP contribution in [0.5, 0.6) is 11.5 Å². The molecule has 1 fully saturated rings. The summed E-state index contributed by atoms with van der Waals surface area (Å²) in [6.45, 7) is 2.13. The predicted molar refractivity (Wildman–Crippen MR) is 97.7 cm³/mol. The summed E-state index contributed by atoms with van der Waals surface area (Å²) in [4.78, 5) is 12.5. The number of hydrogen-bond acceptors (Lipinski definition) is 4. The van der Waals surface area contributed by atoms with Crippen molar-refractivity contribution in [3.63, 3.8) is 0 Å². The number of nitriles is 1. The zero-order valence-electron chi connectivity index (χ0n) is 14.8. The fourth-order valence-corrected chi connectivity index (χ4v) is 3.27. The molecule has 134 valence electrons. The van der Waals surface area contributed by atoms with E-state index in [0.717, 1.165) is 19.3 Å². The van der Waals surface area contributed by atoms with Crippen molar-refractivity contribution in [1.82, 2.24) is 5.32 Å². The van der Waals surface area contributed by atoms with E-state index in [1.807, 2.05) is 6.07 Å². The number of nitrogens with one attached hydrogen (secondary N) is 1. The number of rotatable bonds is 5. The summed E-state index contributed by atoms with van der Waals surface area (Å²) in [5.41, 5.74) is 0.551. The Balaban J connectivity index is 2.24. The topological polar surface area (TPSA) is 71.3 Å². The number of carbonyl (C=O) groups is 1. The third-order valence-corrected chi connectivity index (χ3v) is 4.92. The fraction of sp³-hybridized carbons (Fsp3) is 0.474. The molecule has 0 heterocycles. The van der Waals surface area contributed by atoms with Gasteiger partial charge in [0.1, 0.15) is 11.6 Å². The van der Waals surface area contributed by atoms with E-state index >= 15 is 0 Å². The SMILES string of the molecule is COc1cc(Cl)c(/C=C(\C#N)C(=O)N[C@H]2CCCC[C@@H]2C)cc1OC. The first kappa shape index (κ1) is 19.1. The van der Waals surface area contributed by atoms with Gasteiger partial charge in [-0.15, -0.1) is 0 Å². The Morgan fingerprint density at radius 2 is 1.92 bits per heavy atom. The predicted octanol–water partition coefficient (Wildman–Crippen LogP) is 3.96. The third kappa shape index (κ3) is 4.67. The Labute approximate surface area is 153 Å². The summed E-state index contributed by atoms with van der Waals surface area (Å²) in [7, 11) is 3.03. The molecule has 5 nitrogen and oxygen atoms in total. The lowest BCUT2D eigenvalue weighted by molar-refractivity contribution is -0.118. The normalized spacial score (nSPS) is 20.5. The van der Waals surface area contributed by atoms with Crippen LogP contribution in [0.15, 0.2) is 17.7 Å². The Morgan fingerprint density at radius 3 is 2.52 bits per heavy atom. The molecule has 1 N–H and O–H groups in total. The van der Waals surface area contributed by atoms with E-state index in [1.54, 1.807) is 12.1 Å². The molecule has 1 aliphatic rings. The zero-order chi connectivity index (χ0) is 18.4. The lowest BCUT2D eigenvalue weighted by Gasteiger charge is -2.29. The van der Waals surface area contributed by atoms with Gasteiger partial charge in [-0.1, -0.05) is 31.4 Å². The van der Waals surface area contributed by atoms with Crippen molar-refractivity contribution < 1.29 is 14.3 Å². The minimum atomic E-state index is -0.368. The van der Waals surface area contributed by atoms with Crippen molar-refractivity contribution in [3.8, 4) is 17.6 Å². The van der Waals surface area contributed by atoms with Crippen molar-refractivity contribution in [2.45, 2.75) is 38.6 Å². The molecule has 0 radical (unpaired) electrons. The Hall–Kier alpha value is -2.19. The van der Waals surface area contributed by atoms with E-state index in [1.165, 1.54) is 26.7 Å². The van der Waals surface area contributed by atoms with Crippen molar-refractivity contribution >= 4 is 23.6 Å². The summed E-state index contributed by atoms with van der Waals surface area (Å²) in [5, 5.41) is 12.8. The highest BCUT2D eigenvalue weighted by atomic mass is 35.5. The molecule has 1 aliphatic carbocycles. The molecule has 1 aromatic rings. The highest BCUT2D eigenvalue weighted by Gasteiger charge is 2.24. The number of nitrogens with zero attached hydrogens (tertiary/aromatic N) is 1. The molecule has 2 atom stereocenters. The van der Waals surface area contributed by atoms with E-state index in [2.05, 4.69) is 12.2 Å². The van der Waals surface area contributed by atoms with Crippen LogP contribution in [-0.2, 0) is 4.79 Å². The van der Waals surface area contributed by atoms with Gasteiger partial charge < -0.3 is 14.8 Å². The monoisotopic (exact) mass is 362 g/mol. The molecular formula is C19H23ClN2O3. The third-order valence-electron chi connectivity index (χ3n) is 4.60. The van der Waals surface area contributed by atoms with Gasteiger partial charge in [0.15, 0.2) is 11.5 Å². The zero-order valence-corrected chi connectivity index (χ0v) is 15.5. The Morgan fingerprint density at radius 1 is 1.28 bits per heavy atom. The van der Waals surface area contributed by atoms with Crippen LogP contribution < -0.4 is 14.8 Å². The van der Waals surface area contributed by atoms with Crippen molar-refractivity contribution in [3.05, 3.63) is 28.3 Å². The molecule has 1 amide bonds. The van der Waals surface area contributed by atoms with Crippen molar-refractivity contribution in [2.24, 2.45) is 5.92 Å². The summed E-state index contributed by atoms with van der Waals surface area (Å²) < 4.78 is 10.4. The number of hydrogen-bond donors (Lipinski definition) is 1. The molecule has 0 aromatic heterocycles. The van der Waals surface area contributed by atoms with Gasteiger partial charge in [0.05, 0.1) is 19.2 Å². The number of carbonyl (C=O) groups excluding carboxylic acids is 1. The van der Waals surface area contributed by atoms with Crippen LogP contribution in [-0.4, -0.2) is 26.2 Å². The molecule has 6 heteroatoms. The number of methoxy groups -OCH3 is 2. The van der Waals surface area contributed by atoms with Crippen LogP contribution in [0.25, 0.3) is 6.08 Å². The Kier molecular flexibility index (Phi) is 6.72. The fourth-order valence-electron chi connectivity index (χ4n) is 3.06. The van der Waals surface area contributed by atoms with Gasteiger partial charge >= 0.3 is 0 Å². The van der Waals surface area contributed by atoms with Crippen LogP contribution >= 0.6 is 11.6 Å². The maximum Gasteiger partial charge on any atom is 0.262 e. The van der Waals surface area contributed by atoms with Gasteiger partial charge in [-0.25, -0.2) is 0 Å². The quantitative estimate of drug-likeness (QED) is 0.635. The first-order valence-electron chi connectivity index (χ1n) is 8.34. The van der Waals surface area contributed by atoms with Gasteiger partial charge in [0.25, 0.3) is 5.91 Å². The molecule has 0 bridgehead atoms. The number of benzene rings is 1. The lowest BCUT2D eigenvalue weighted by Crippen LogP contribution is -2.41. The standard InChI is InChI=1S/C19H23ClN2O3/c1-12-6-4-5-7-16(12)22-19(23)14(11-21)8-13-9-17(24-2)18(25-3)10-15(13)20/h8-10,12,16H,4-7H2,1-3H3,(H,22,23)/b14-8+/t12-,16-/m0/s1. The van der Waals surface area contributed by atoms with Gasteiger partial charge in [-0.05, 0) is 36.5 Å². The first-order valence-corrected chi connectivity index (χ1v) is 8.72. The second-order valence-electron chi connectivity index (χ2n) is 6.24. The molecular weight excluding hydrogens is 340 g/mol. The smallest absolute Gasteiger partial charge is 0.262 e. The molecule has 2 rings (SSSR count). The van der Waals surface area contributed by atoms with Gasteiger partial charge in [-0.2, -0.15) is 5.26 Å². The molecule has 1 saturated carbocycles. The minimum absolute atomic E-state index is 0.0203. The number of halogens is 1. The number of ether oxygens (including phenoxy) is 2. The van der Waals surface area contributed by atoms with E-state index in [4.69, 9.17) is 21.1 Å². The summed E-state index contributed by atoms with van der Waals surface area (Å²) in [6, 6.07) is 5.32. The van der Waals surface area contributed by atoms with Gasteiger partial charge in [0.2, 0.25) is 0 Å². The largest absolute Gasteiger partial charge is 0.493 e. The lowest BCUT2D eigenvalue weighted by atomic mass is 9.86. The molecule has 25 heavy (non-hydrogen) atoms. The molecule has 0 unspecified atom stereocenters. The number of amides is 1. The maximum absolute atomic E-state index is 12.5. The average Bonchev–Trinajstić information content (AvgIpc) is 2.62. The van der Waals surface area contributed by atoms with Crippen molar-refractivity contribution in [2.75, 3.05) is 14.2 Å². The molecule has 1 aromatic carbocycles. The Bertz CT molecular complexity index is 709. The minimum Gasteiger partial charge on any atom is -0.493 e. The van der Waals surface area contributed by atoms with E-state index < -0.39 is 0 Å². The molecule has 0 spiro atoms. The first-order chi connectivity index (χ1) is 12.0. The van der Waals surface area contributed by atoms with Gasteiger partial charge in [0, 0.05) is 12.1 Å². The van der Waals surface area contributed by atoms with Crippen molar-refractivity contribution in [1.29, 1.82) is 5.26 Å². The second-order valence-corrected chi connectivity index (χ2v) is 6.65. The highest BCUT2D eigenvalue weighted by Crippen LogP contribution is 2.34. The van der Waals surface area contributed by atoms with Crippen LogP contribution in [0.1, 0.15) is 38.2 Å². The maximum atomic E-state index is 12.5.